The smallest absolute Gasteiger partial charge is 0.127 e. The Morgan fingerprint density at radius 3 is 2.37 bits per heavy atom. The van der Waals surface area contributed by atoms with E-state index < -0.39 is 0 Å². The van der Waals surface area contributed by atoms with Gasteiger partial charge in [-0.1, -0.05) is 12.1 Å². The van der Waals surface area contributed by atoms with Gasteiger partial charge >= 0.3 is 0 Å². The molecule has 0 saturated carbocycles. The van der Waals surface area contributed by atoms with E-state index in [1.165, 1.54) is 13.2 Å². The van der Waals surface area contributed by atoms with Gasteiger partial charge in [-0.15, -0.1) is 0 Å². The Morgan fingerprint density at radius 1 is 1.00 bits per heavy atom. The third kappa shape index (κ3) is 2.63. The summed E-state index contributed by atoms with van der Waals surface area (Å²) in [5, 5.41) is 19.6. The Labute approximate surface area is 111 Å². The van der Waals surface area contributed by atoms with Crippen LogP contribution in [-0.2, 0) is 6.61 Å². The number of aliphatic hydroxyl groups excluding tert-OH is 1. The Bertz CT molecular complexity index is 578. The summed E-state index contributed by atoms with van der Waals surface area (Å²) in [4.78, 5) is 0. The maximum atomic E-state index is 10.1. The minimum atomic E-state index is -0.183. The molecule has 0 aliphatic rings. The molecule has 0 heterocycles. The number of aromatic hydroxyl groups is 1. The maximum absolute atomic E-state index is 10.1. The molecule has 2 N–H and O–H groups in total. The fourth-order valence-electron chi connectivity index (χ4n) is 2.01. The van der Waals surface area contributed by atoms with Crippen molar-refractivity contribution < 1.29 is 19.7 Å². The number of ether oxygens (including phenoxy) is 2. The fraction of sp³-hybridized carbons (Fsp3) is 0.200. The van der Waals surface area contributed by atoms with Gasteiger partial charge in [-0.2, -0.15) is 0 Å². The van der Waals surface area contributed by atoms with E-state index in [2.05, 4.69) is 0 Å². The van der Waals surface area contributed by atoms with Crippen LogP contribution in [0, 0.1) is 0 Å². The van der Waals surface area contributed by atoms with Crippen molar-refractivity contribution in [3.63, 3.8) is 0 Å². The summed E-state index contributed by atoms with van der Waals surface area (Å²) in [5.74, 6) is 1.27. The van der Waals surface area contributed by atoms with Gasteiger partial charge in [0.05, 0.1) is 20.8 Å². The molecule has 0 unspecified atom stereocenters. The van der Waals surface area contributed by atoms with Gasteiger partial charge in [0.1, 0.15) is 17.2 Å². The second-order valence-electron chi connectivity index (χ2n) is 4.07. The van der Waals surface area contributed by atoms with Crippen LogP contribution in [0.25, 0.3) is 11.1 Å². The topological polar surface area (TPSA) is 58.9 Å². The van der Waals surface area contributed by atoms with Gasteiger partial charge in [-0.3, -0.25) is 0 Å². The summed E-state index contributed by atoms with van der Waals surface area (Å²) < 4.78 is 10.2. The number of rotatable bonds is 4. The summed E-state index contributed by atoms with van der Waals surface area (Å²) in [6, 6.07) is 10.5. The summed E-state index contributed by atoms with van der Waals surface area (Å²) in [5.41, 5.74) is 1.97. The molecule has 0 aliphatic heterocycles. The van der Waals surface area contributed by atoms with Gasteiger partial charge in [0.25, 0.3) is 0 Å². The van der Waals surface area contributed by atoms with Gasteiger partial charge < -0.3 is 19.7 Å². The first kappa shape index (κ1) is 13.2. The van der Waals surface area contributed by atoms with Crippen LogP contribution in [-0.4, -0.2) is 24.4 Å². The lowest BCUT2D eigenvalue weighted by atomic mass is 9.98. The predicted octanol–water partition coefficient (Wildman–Crippen LogP) is 2.57. The molecule has 19 heavy (non-hydrogen) atoms. The third-order valence-electron chi connectivity index (χ3n) is 2.94. The number of aliphatic hydroxyl groups is 1. The Morgan fingerprint density at radius 2 is 1.74 bits per heavy atom. The lowest BCUT2D eigenvalue weighted by Gasteiger charge is -2.13. The Kier molecular flexibility index (Phi) is 3.92. The highest BCUT2D eigenvalue weighted by atomic mass is 16.5. The molecule has 0 radical (unpaired) electrons. The zero-order chi connectivity index (χ0) is 13.8. The van der Waals surface area contributed by atoms with Crippen LogP contribution in [0.5, 0.6) is 17.2 Å². The van der Waals surface area contributed by atoms with Gasteiger partial charge in [0, 0.05) is 11.6 Å². The standard InChI is InChI=1S/C15H16O4/c1-18-12-5-3-4-10(6-12)15-11(9-16)7-13(19-2)8-14(15)17/h3-8,16-17H,9H2,1-2H3. The Balaban J connectivity index is 2.60. The van der Waals surface area contributed by atoms with E-state index in [0.29, 0.717) is 22.6 Å². The van der Waals surface area contributed by atoms with Crippen molar-refractivity contribution in [2.45, 2.75) is 6.61 Å². The van der Waals surface area contributed by atoms with Crippen LogP contribution < -0.4 is 9.47 Å². The molecule has 0 fully saturated rings. The molecule has 0 amide bonds. The van der Waals surface area contributed by atoms with Crippen LogP contribution in [0.2, 0.25) is 0 Å². The largest absolute Gasteiger partial charge is 0.507 e. The molecule has 4 nitrogen and oxygen atoms in total. The molecule has 100 valence electrons. The molecule has 2 aromatic carbocycles. The van der Waals surface area contributed by atoms with Crippen molar-refractivity contribution in [3.05, 3.63) is 42.0 Å². The molecule has 0 bridgehead atoms. The second kappa shape index (κ2) is 5.63. The van der Waals surface area contributed by atoms with Gasteiger partial charge in [0.15, 0.2) is 0 Å². The monoisotopic (exact) mass is 260 g/mol. The number of phenols is 1. The zero-order valence-corrected chi connectivity index (χ0v) is 10.9. The first-order valence-corrected chi connectivity index (χ1v) is 5.84. The van der Waals surface area contributed by atoms with Crippen molar-refractivity contribution in [1.82, 2.24) is 0 Å². The minimum absolute atomic E-state index is 0.0663. The van der Waals surface area contributed by atoms with Crippen LogP contribution in [0.15, 0.2) is 36.4 Å². The third-order valence-corrected chi connectivity index (χ3v) is 2.94. The molecule has 4 heteroatoms. The van der Waals surface area contributed by atoms with E-state index in [1.807, 2.05) is 18.2 Å². The van der Waals surface area contributed by atoms with Crippen LogP contribution >= 0.6 is 0 Å². The van der Waals surface area contributed by atoms with Crippen LogP contribution in [0.4, 0.5) is 0 Å². The maximum Gasteiger partial charge on any atom is 0.127 e. The van der Waals surface area contributed by atoms with E-state index in [0.717, 1.165) is 5.56 Å². The Hall–Kier alpha value is -2.20. The number of hydrogen-bond donors (Lipinski definition) is 2. The number of methoxy groups -OCH3 is 2. The summed E-state index contributed by atoms with van der Waals surface area (Å²) in [6.45, 7) is -0.183. The van der Waals surface area contributed by atoms with Crippen LogP contribution in [0.1, 0.15) is 5.56 Å². The minimum Gasteiger partial charge on any atom is -0.507 e. The molecular formula is C15H16O4. The van der Waals surface area contributed by atoms with Crippen molar-refractivity contribution in [2.75, 3.05) is 14.2 Å². The summed E-state index contributed by atoms with van der Waals surface area (Å²) in [6.07, 6.45) is 0. The molecule has 0 spiro atoms. The van der Waals surface area contributed by atoms with E-state index in [1.54, 1.807) is 19.2 Å². The van der Waals surface area contributed by atoms with Crippen molar-refractivity contribution in [3.8, 4) is 28.4 Å². The predicted molar refractivity (Wildman–Crippen MR) is 72.6 cm³/mol. The van der Waals surface area contributed by atoms with Crippen molar-refractivity contribution in [2.24, 2.45) is 0 Å². The molecule has 0 aliphatic carbocycles. The molecule has 2 rings (SSSR count). The van der Waals surface area contributed by atoms with Gasteiger partial charge in [-0.25, -0.2) is 0 Å². The summed E-state index contributed by atoms with van der Waals surface area (Å²) in [7, 11) is 3.10. The van der Waals surface area contributed by atoms with Gasteiger partial charge in [-0.05, 0) is 29.3 Å². The molecular weight excluding hydrogens is 244 g/mol. The fourth-order valence-corrected chi connectivity index (χ4v) is 2.01. The quantitative estimate of drug-likeness (QED) is 0.887. The van der Waals surface area contributed by atoms with Crippen molar-refractivity contribution in [1.29, 1.82) is 0 Å². The van der Waals surface area contributed by atoms with Crippen LogP contribution in [0.3, 0.4) is 0 Å². The molecule has 2 aromatic rings. The first-order chi connectivity index (χ1) is 9.19. The number of benzene rings is 2. The van der Waals surface area contributed by atoms with E-state index >= 15 is 0 Å². The van der Waals surface area contributed by atoms with Gasteiger partial charge in [0.2, 0.25) is 0 Å². The molecule has 0 saturated heterocycles. The highest BCUT2D eigenvalue weighted by molar-refractivity contribution is 5.75. The van der Waals surface area contributed by atoms with E-state index in [4.69, 9.17) is 9.47 Å². The average molecular weight is 260 g/mol. The highest BCUT2D eigenvalue weighted by Crippen LogP contribution is 2.37. The summed E-state index contributed by atoms with van der Waals surface area (Å²) >= 11 is 0. The average Bonchev–Trinajstić information content (AvgIpc) is 2.46. The lowest BCUT2D eigenvalue weighted by molar-refractivity contribution is 0.281. The number of phenolic OH excluding ortho intramolecular Hbond substituents is 1. The normalized spacial score (nSPS) is 10.3. The lowest BCUT2D eigenvalue weighted by Crippen LogP contribution is -1.93. The number of hydrogen-bond acceptors (Lipinski definition) is 4. The SMILES string of the molecule is COc1cccc(-c2c(O)cc(OC)cc2CO)c1. The van der Waals surface area contributed by atoms with E-state index in [9.17, 15) is 10.2 Å². The molecule has 0 aromatic heterocycles. The second-order valence-corrected chi connectivity index (χ2v) is 4.07. The molecule has 0 atom stereocenters. The zero-order valence-electron chi connectivity index (χ0n) is 10.9. The van der Waals surface area contributed by atoms with Crippen molar-refractivity contribution >= 4 is 0 Å². The first-order valence-electron chi connectivity index (χ1n) is 5.84. The highest BCUT2D eigenvalue weighted by Gasteiger charge is 2.13. The van der Waals surface area contributed by atoms with E-state index in [-0.39, 0.29) is 12.4 Å².